The Morgan fingerprint density at radius 3 is 2.90 bits per heavy atom. The van der Waals surface area contributed by atoms with Gasteiger partial charge < -0.3 is 19.4 Å². The average Bonchev–Trinajstić information content (AvgIpc) is 3.46. The van der Waals surface area contributed by atoms with Gasteiger partial charge in [0, 0.05) is 35.6 Å². The fourth-order valence-corrected chi connectivity index (χ4v) is 3.47. The van der Waals surface area contributed by atoms with E-state index in [0.29, 0.717) is 30.2 Å². The molecule has 4 aromatic rings. The second-order valence-electron chi connectivity index (χ2n) is 6.52. The van der Waals surface area contributed by atoms with E-state index in [9.17, 15) is 4.79 Å². The van der Waals surface area contributed by atoms with Crippen LogP contribution in [0.15, 0.2) is 72.1 Å². The minimum absolute atomic E-state index is 0.223. The van der Waals surface area contributed by atoms with E-state index < -0.39 is 0 Å². The molecule has 2 aromatic heterocycles. The van der Waals surface area contributed by atoms with Crippen LogP contribution >= 0.6 is 11.3 Å². The Morgan fingerprint density at radius 1 is 1.20 bits per heavy atom. The van der Waals surface area contributed by atoms with Gasteiger partial charge in [0.05, 0.1) is 24.6 Å². The summed E-state index contributed by atoms with van der Waals surface area (Å²) in [5.74, 6) is 0.829. The van der Waals surface area contributed by atoms with Gasteiger partial charge in [-0.1, -0.05) is 12.1 Å². The summed E-state index contributed by atoms with van der Waals surface area (Å²) in [7, 11) is 1.55. The summed E-state index contributed by atoms with van der Waals surface area (Å²) >= 11 is 1.51. The Bertz CT molecular complexity index is 1110. The fourth-order valence-electron chi connectivity index (χ4n) is 2.93. The highest BCUT2D eigenvalue weighted by atomic mass is 32.1. The van der Waals surface area contributed by atoms with Crippen molar-refractivity contribution in [1.29, 1.82) is 0 Å². The molecule has 0 unspecified atom stereocenters. The normalized spacial score (nSPS) is 10.6. The van der Waals surface area contributed by atoms with Crippen LogP contribution in [0.1, 0.15) is 21.6 Å². The molecule has 7 nitrogen and oxygen atoms in total. The number of hydrogen-bond donors (Lipinski definition) is 1. The van der Waals surface area contributed by atoms with Crippen molar-refractivity contribution < 1.29 is 14.3 Å². The molecule has 0 saturated heterocycles. The number of anilines is 1. The van der Waals surface area contributed by atoms with Crippen molar-refractivity contribution in [2.45, 2.75) is 13.2 Å². The van der Waals surface area contributed by atoms with Crippen LogP contribution in [0.5, 0.6) is 11.5 Å². The SMILES string of the molecule is COc1cc(C(=O)Nc2cccc(Cn3ccnc3)c2)ccc1OCc1cscn1. The molecule has 0 atom stereocenters. The molecule has 1 amide bonds. The number of rotatable bonds is 8. The molecule has 0 aliphatic rings. The van der Waals surface area contributed by atoms with E-state index in [2.05, 4.69) is 15.3 Å². The third-order valence-electron chi connectivity index (χ3n) is 4.39. The average molecular weight is 420 g/mol. The predicted molar refractivity (Wildman–Crippen MR) is 115 cm³/mol. The van der Waals surface area contributed by atoms with Gasteiger partial charge in [0.15, 0.2) is 11.5 Å². The van der Waals surface area contributed by atoms with Gasteiger partial charge in [-0.25, -0.2) is 9.97 Å². The molecule has 4 rings (SSSR count). The molecule has 0 spiro atoms. The molecular weight excluding hydrogens is 400 g/mol. The van der Waals surface area contributed by atoms with Gasteiger partial charge in [-0.3, -0.25) is 4.79 Å². The number of aromatic nitrogens is 3. The summed E-state index contributed by atoms with van der Waals surface area (Å²) in [5.41, 5.74) is 4.87. The second-order valence-corrected chi connectivity index (χ2v) is 7.24. The van der Waals surface area contributed by atoms with Gasteiger partial charge in [0.2, 0.25) is 0 Å². The molecule has 1 N–H and O–H groups in total. The highest BCUT2D eigenvalue weighted by Crippen LogP contribution is 2.29. The van der Waals surface area contributed by atoms with Crippen LogP contribution in [0.4, 0.5) is 5.69 Å². The maximum atomic E-state index is 12.7. The Kier molecular flexibility index (Phi) is 6.05. The minimum atomic E-state index is -0.223. The third-order valence-corrected chi connectivity index (χ3v) is 5.03. The number of ether oxygens (including phenoxy) is 2. The van der Waals surface area contributed by atoms with Crippen molar-refractivity contribution in [3.05, 3.63) is 88.9 Å². The molecule has 8 heteroatoms. The highest BCUT2D eigenvalue weighted by Gasteiger charge is 2.12. The first-order valence-corrected chi connectivity index (χ1v) is 10.2. The Labute approximate surface area is 177 Å². The largest absolute Gasteiger partial charge is 0.493 e. The number of imidazole rings is 1. The zero-order valence-electron chi connectivity index (χ0n) is 16.3. The molecular formula is C22H20N4O3S. The number of carbonyl (C=O) groups is 1. The monoisotopic (exact) mass is 420 g/mol. The number of nitrogens with zero attached hydrogens (tertiary/aromatic N) is 3. The van der Waals surface area contributed by atoms with Gasteiger partial charge in [-0.05, 0) is 35.9 Å². The van der Waals surface area contributed by atoms with E-state index in [4.69, 9.17) is 9.47 Å². The van der Waals surface area contributed by atoms with Crippen molar-refractivity contribution >= 4 is 22.9 Å². The topological polar surface area (TPSA) is 78.3 Å². The van der Waals surface area contributed by atoms with Crippen LogP contribution in [0, 0.1) is 0 Å². The first-order valence-electron chi connectivity index (χ1n) is 9.25. The number of hydrogen-bond acceptors (Lipinski definition) is 6. The molecule has 0 radical (unpaired) electrons. The van der Waals surface area contributed by atoms with Crippen LogP contribution in [0.2, 0.25) is 0 Å². The van der Waals surface area contributed by atoms with Gasteiger partial charge in [0.1, 0.15) is 6.61 Å². The molecule has 2 heterocycles. The van der Waals surface area contributed by atoms with Gasteiger partial charge in [0.25, 0.3) is 5.91 Å². The van der Waals surface area contributed by atoms with E-state index in [-0.39, 0.29) is 5.91 Å². The van der Waals surface area contributed by atoms with Crippen LogP contribution < -0.4 is 14.8 Å². The number of benzene rings is 2. The predicted octanol–water partition coefficient (Wildman–Crippen LogP) is 4.23. The Balaban J connectivity index is 1.44. The molecule has 0 fully saturated rings. The summed E-state index contributed by atoms with van der Waals surface area (Å²) in [6, 6.07) is 12.8. The smallest absolute Gasteiger partial charge is 0.255 e. The fraction of sp³-hybridized carbons (Fsp3) is 0.136. The van der Waals surface area contributed by atoms with Gasteiger partial charge in [-0.15, -0.1) is 11.3 Å². The number of carbonyl (C=O) groups excluding carboxylic acids is 1. The van der Waals surface area contributed by atoms with Crippen LogP contribution in [-0.4, -0.2) is 27.6 Å². The number of amides is 1. The lowest BCUT2D eigenvalue weighted by atomic mass is 10.1. The Hall–Kier alpha value is -3.65. The van der Waals surface area contributed by atoms with E-state index >= 15 is 0 Å². The van der Waals surface area contributed by atoms with Crippen molar-refractivity contribution in [2.75, 3.05) is 12.4 Å². The first kappa shape index (κ1) is 19.7. The molecule has 0 aliphatic carbocycles. The standard InChI is InChI=1S/C22H20N4O3S/c1-28-21-10-17(5-6-20(21)29-12-19-13-30-15-24-19)22(27)25-18-4-2-3-16(9-18)11-26-8-7-23-14-26/h2-10,13-15H,11-12H2,1H3,(H,25,27). The molecule has 2 aromatic carbocycles. The summed E-state index contributed by atoms with van der Waals surface area (Å²) < 4.78 is 13.1. The number of thiazole rings is 1. The zero-order chi connectivity index (χ0) is 20.8. The van der Waals surface area contributed by atoms with Crippen molar-refractivity contribution in [3.63, 3.8) is 0 Å². The van der Waals surface area contributed by atoms with Crippen molar-refractivity contribution in [2.24, 2.45) is 0 Å². The van der Waals surface area contributed by atoms with Crippen molar-refractivity contribution in [1.82, 2.24) is 14.5 Å². The van der Waals surface area contributed by atoms with E-state index in [1.165, 1.54) is 11.3 Å². The highest BCUT2D eigenvalue weighted by molar-refractivity contribution is 7.07. The number of nitrogens with one attached hydrogen (secondary N) is 1. The Morgan fingerprint density at radius 2 is 2.13 bits per heavy atom. The third kappa shape index (κ3) is 4.84. The summed E-state index contributed by atoms with van der Waals surface area (Å²) in [6.07, 6.45) is 5.40. The first-order chi connectivity index (χ1) is 14.7. The lowest BCUT2D eigenvalue weighted by Gasteiger charge is -2.12. The summed E-state index contributed by atoms with van der Waals surface area (Å²) in [6.45, 7) is 1.03. The quantitative estimate of drug-likeness (QED) is 0.462. The maximum absolute atomic E-state index is 12.7. The minimum Gasteiger partial charge on any atom is -0.493 e. The van der Waals surface area contributed by atoms with Crippen LogP contribution in [-0.2, 0) is 13.2 Å². The van der Waals surface area contributed by atoms with Gasteiger partial charge in [-0.2, -0.15) is 0 Å². The zero-order valence-corrected chi connectivity index (χ0v) is 17.1. The molecule has 0 saturated carbocycles. The number of methoxy groups -OCH3 is 1. The second kappa shape index (κ2) is 9.23. The van der Waals surface area contributed by atoms with E-state index in [1.54, 1.807) is 43.3 Å². The lowest BCUT2D eigenvalue weighted by molar-refractivity contribution is 0.102. The molecule has 0 aliphatic heterocycles. The summed E-state index contributed by atoms with van der Waals surface area (Å²) in [4.78, 5) is 21.0. The molecule has 0 bridgehead atoms. The lowest BCUT2D eigenvalue weighted by Crippen LogP contribution is -2.12. The molecule has 30 heavy (non-hydrogen) atoms. The van der Waals surface area contributed by atoms with Crippen molar-refractivity contribution in [3.8, 4) is 11.5 Å². The van der Waals surface area contributed by atoms with E-state index in [1.807, 2.05) is 40.4 Å². The maximum Gasteiger partial charge on any atom is 0.255 e. The molecule has 152 valence electrons. The van der Waals surface area contributed by atoms with E-state index in [0.717, 1.165) is 16.9 Å². The van der Waals surface area contributed by atoms with Crippen LogP contribution in [0.3, 0.4) is 0 Å². The van der Waals surface area contributed by atoms with Crippen LogP contribution in [0.25, 0.3) is 0 Å². The summed E-state index contributed by atoms with van der Waals surface area (Å²) in [5, 5.41) is 4.86. The van der Waals surface area contributed by atoms with Gasteiger partial charge >= 0.3 is 0 Å².